The maximum Gasteiger partial charge on any atom is 0.325 e. The first-order chi connectivity index (χ1) is 9.26. The molecule has 1 aliphatic heterocycles. The van der Waals surface area contributed by atoms with Gasteiger partial charge in [0.25, 0.3) is 0 Å². The highest BCUT2D eigenvalue weighted by Crippen LogP contribution is 2.55. The fourth-order valence-corrected chi connectivity index (χ4v) is 4.54. The first-order valence-corrected chi connectivity index (χ1v) is 7.82. The second-order valence-corrected chi connectivity index (χ2v) is 7.25. The van der Waals surface area contributed by atoms with Gasteiger partial charge in [-0.3, -0.25) is 4.79 Å². The van der Waals surface area contributed by atoms with Crippen LogP contribution in [0.2, 0.25) is 0 Å². The number of carboxylic acids is 1. The maximum atomic E-state index is 11.7. The quantitative estimate of drug-likeness (QED) is 0.787. The summed E-state index contributed by atoms with van der Waals surface area (Å²) >= 11 is 0. The molecule has 108 valence electrons. The van der Waals surface area contributed by atoms with Crippen LogP contribution in [0.1, 0.15) is 11.5 Å². The van der Waals surface area contributed by atoms with Gasteiger partial charge in [0.15, 0.2) is 21.3 Å². The van der Waals surface area contributed by atoms with Gasteiger partial charge in [-0.2, -0.15) is 0 Å². The third-order valence-electron chi connectivity index (χ3n) is 3.77. The maximum absolute atomic E-state index is 11.7. The Hall–Kier alpha value is -1.80. The Morgan fingerprint density at radius 2 is 2.05 bits per heavy atom. The van der Waals surface area contributed by atoms with E-state index in [0.29, 0.717) is 17.1 Å². The topological polar surface area (TPSA) is 116 Å². The van der Waals surface area contributed by atoms with Gasteiger partial charge in [-0.25, -0.2) is 8.42 Å². The molecule has 0 unspecified atom stereocenters. The lowest BCUT2D eigenvalue weighted by molar-refractivity contribution is -0.139. The molecule has 3 N–H and O–H groups in total. The highest BCUT2D eigenvalue weighted by molar-refractivity contribution is 7.91. The number of sulfone groups is 1. The number of carboxylic acid groups (broad SMARTS) is 1. The van der Waals surface area contributed by atoms with E-state index in [9.17, 15) is 18.3 Å². The number of hydrogen-bond donors (Lipinski definition) is 2. The summed E-state index contributed by atoms with van der Waals surface area (Å²) in [4.78, 5) is 11.3. The van der Waals surface area contributed by atoms with E-state index in [1.807, 2.05) is 0 Å². The van der Waals surface area contributed by atoms with E-state index in [1.165, 1.54) is 0 Å². The van der Waals surface area contributed by atoms with Gasteiger partial charge < -0.3 is 20.3 Å². The van der Waals surface area contributed by atoms with Crippen LogP contribution in [0.4, 0.5) is 0 Å². The summed E-state index contributed by atoms with van der Waals surface area (Å²) in [7, 11) is -3.57. The molecule has 0 saturated heterocycles. The summed E-state index contributed by atoms with van der Waals surface area (Å²) in [5.74, 6) is -1.10. The lowest BCUT2D eigenvalue weighted by Gasteiger charge is -2.05. The summed E-state index contributed by atoms with van der Waals surface area (Å²) in [6, 6.07) is 4.83. The van der Waals surface area contributed by atoms with Gasteiger partial charge in [-0.15, -0.1) is 0 Å². The van der Waals surface area contributed by atoms with Crippen LogP contribution in [0.15, 0.2) is 18.2 Å². The van der Waals surface area contributed by atoms with Crippen molar-refractivity contribution in [3.8, 4) is 11.5 Å². The fourth-order valence-electron chi connectivity index (χ4n) is 2.79. The lowest BCUT2D eigenvalue weighted by atomic mass is 10.1. The minimum Gasteiger partial charge on any atom is -0.480 e. The Balaban J connectivity index is 2.04. The van der Waals surface area contributed by atoms with Crippen LogP contribution in [0.25, 0.3) is 0 Å². The summed E-state index contributed by atoms with van der Waals surface area (Å²) in [5, 5.41) is 8.09. The van der Waals surface area contributed by atoms with Gasteiger partial charge in [0.05, 0.1) is 5.25 Å². The molecule has 1 saturated carbocycles. The number of nitrogens with two attached hydrogens (primary N) is 1. The molecule has 0 amide bonds. The van der Waals surface area contributed by atoms with E-state index in [2.05, 4.69) is 0 Å². The smallest absolute Gasteiger partial charge is 0.325 e. The van der Waals surface area contributed by atoms with E-state index in [4.69, 9.17) is 15.2 Å². The van der Waals surface area contributed by atoms with E-state index in [0.717, 1.165) is 6.26 Å². The van der Waals surface area contributed by atoms with Gasteiger partial charge >= 0.3 is 5.97 Å². The second-order valence-electron chi connectivity index (χ2n) is 5.08. The molecule has 20 heavy (non-hydrogen) atoms. The van der Waals surface area contributed by atoms with E-state index >= 15 is 0 Å². The first-order valence-electron chi connectivity index (χ1n) is 5.87. The van der Waals surface area contributed by atoms with Gasteiger partial charge in [0.1, 0.15) is 5.54 Å². The molecule has 8 heteroatoms. The molecular weight excluding hydrogens is 286 g/mol. The van der Waals surface area contributed by atoms with Crippen LogP contribution in [-0.4, -0.2) is 43.3 Å². The number of rotatable bonds is 3. The normalized spacial score (nSPS) is 31.1. The summed E-state index contributed by atoms with van der Waals surface area (Å²) in [6.07, 6.45) is 0.995. The largest absolute Gasteiger partial charge is 0.480 e. The van der Waals surface area contributed by atoms with Crippen LogP contribution >= 0.6 is 0 Å². The monoisotopic (exact) mass is 299 g/mol. The SMILES string of the molecule is CS(=O)(=O)[C@H]1[C@@H](c2ccc3c(c2)OCO3)[C@@]1(N)C(=O)O. The van der Waals surface area contributed by atoms with Crippen molar-refractivity contribution in [2.45, 2.75) is 16.7 Å². The van der Waals surface area contributed by atoms with Crippen molar-refractivity contribution in [2.75, 3.05) is 13.0 Å². The zero-order chi connectivity index (χ0) is 14.7. The van der Waals surface area contributed by atoms with Gasteiger partial charge in [0.2, 0.25) is 6.79 Å². The summed E-state index contributed by atoms with van der Waals surface area (Å²) in [6.45, 7) is 0.0889. The molecule has 3 rings (SSSR count). The van der Waals surface area contributed by atoms with Crippen LogP contribution in [0.5, 0.6) is 11.5 Å². The average Bonchev–Trinajstić information content (AvgIpc) is 2.79. The molecule has 0 spiro atoms. The Bertz CT molecular complexity index is 700. The van der Waals surface area contributed by atoms with Gasteiger partial charge in [-0.05, 0) is 17.7 Å². The summed E-state index contributed by atoms with van der Waals surface area (Å²) in [5.41, 5.74) is 4.52. The van der Waals surface area contributed by atoms with Crippen molar-refractivity contribution in [1.29, 1.82) is 0 Å². The molecule has 2 aliphatic rings. The highest BCUT2D eigenvalue weighted by Gasteiger charge is 2.73. The predicted octanol–water partition coefficient (Wildman–Crippen LogP) is -0.292. The predicted molar refractivity (Wildman–Crippen MR) is 68.5 cm³/mol. The van der Waals surface area contributed by atoms with E-state index in [-0.39, 0.29) is 6.79 Å². The van der Waals surface area contributed by atoms with Gasteiger partial charge in [0, 0.05) is 12.2 Å². The van der Waals surface area contributed by atoms with Crippen LogP contribution < -0.4 is 15.2 Å². The number of fused-ring (bicyclic) bond motifs is 1. The molecule has 1 aromatic rings. The lowest BCUT2D eigenvalue weighted by Crippen LogP contribution is -2.39. The third-order valence-corrected chi connectivity index (χ3v) is 5.35. The Morgan fingerprint density at radius 3 is 2.60 bits per heavy atom. The third kappa shape index (κ3) is 1.68. The summed E-state index contributed by atoms with van der Waals surface area (Å²) < 4.78 is 33.8. The fraction of sp³-hybridized carbons (Fsp3) is 0.417. The number of ether oxygens (including phenoxy) is 2. The van der Waals surface area contributed by atoms with E-state index < -0.39 is 32.5 Å². The van der Waals surface area contributed by atoms with Crippen molar-refractivity contribution in [1.82, 2.24) is 0 Å². The molecule has 3 atom stereocenters. The molecule has 7 nitrogen and oxygen atoms in total. The molecular formula is C12H13NO6S. The van der Waals surface area contributed by atoms with Crippen LogP contribution in [0.3, 0.4) is 0 Å². The number of aliphatic carboxylic acids is 1. The molecule has 1 aromatic carbocycles. The second kappa shape index (κ2) is 3.86. The Morgan fingerprint density at radius 1 is 1.40 bits per heavy atom. The van der Waals surface area contributed by atoms with E-state index in [1.54, 1.807) is 18.2 Å². The minimum atomic E-state index is -3.57. The molecule has 0 bridgehead atoms. The van der Waals surface area contributed by atoms with Crippen LogP contribution in [0, 0.1) is 0 Å². The molecule has 1 aliphatic carbocycles. The molecule has 1 fully saturated rings. The number of hydrogen-bond acceptors (Lipinski definition) is 6. The first kappa shape index (κ1) is 13.2. The van der Waals surface area contributed by atoms with Crippen molar-refractivity contribution in [3.63, 3.8) is 0 Å². The standard InChI is InChI=1S/C12H13NO6S/c1-20(16,17)10-9(12(10,13)11(14)15)6-2-3-7-8(4-6)19-5-18-7/h2-4,9-10H,5,13H2,1H3,(H,14,15)/t9-,10+,12+/m1/s1. The highest BCUT2D eigenvalue weighted by atomic mass is 32.2. The molecule has 0 aromatic heterocycles. The number of benzene rings is 1. The Kier molecular flexibility index (Phi) is 2.55. The van der Waals surface area contributed by atoms with Gasteiger partial charge in [-0.1, -0.05) is 6.07 Å². The average molecular weight is 299 g/mol. The van der Waals surface area contributed by atoms with Crippen LogP contribution in [-0.2, 0) is 14.6 Å². The van der Waals surface area contributed by atoms with Crippen molar-refractivity contribution >= 4 is 15.8 Å². The zero-order valence-corrected chi connectivity index (χ0v) is 11.4. The minimum absolute atomic E-state index is 0.0889. The molecule has 1 heterocycles. The Labute approximate surface area is 115 Å². The van der Waals surface area contributed by atoms with Crippen molar-refractivity contribution in [2.24, 2.45) is 5.73 Å². The molecule has 0 radical (unpaired) electrons. The van der Waals surface area contributed by atoms with Crippen molar-refractivity contribution < 1.29 is 27.8 Å². The van der Waals surface area contributed by atoms with Crippen molar-refractivity contribution in [3.05, 3.63) is 23.8 Å². The zero-order valence-electron chi connectivity index (χ0n) is 10.6. The number of carbonyl (C=O) groups is 1.